The molecule has 3 nitrogen and oxygen atoms in total. The van der Waals surface area contributed by atoms with E-state index in [4.69, 9.17) is 14.4 Å². The summed E-state index contributed by atoms with van der Waals surface area (Å²) in [4.78, 5) is 10.6. The summed E-state index contributed by atoms with van der Waals surface area (Å²) < 4.78 is 6.67. The van der Waals surface area contributed by atoms with Crippen LogP contribution in [-0.2, 0) is 0 Å². The Bertz CT molecular complexity index is 3570. The van der Waals surface area contributed by atoms with Crippen LogP contribution in [0.5, 0.6) is 0 Å². The fourth-order valence-corrected chi connectivity index (χ4v) is 9.01. The highest BCUT2D eigenvalue weighted by molar-refractivity contribution is 6.25. The fraction of sp³-hybridized carbons (Fsp3) is 0. The molecule has 0 atom stereocenters. The van der Waals surface area contributed by atoms with Gasteiger partial charge in [0.1, 0.15) is 16.8 Å². The minimum Gasteiger partial charge on any atom is -0.452 e. The lowest BCUT2D eigenvalue weighted by atomic mass is 9.92. The first-order valence-electron chi connectivity index (χ1n) is 20.7. The quantitative estimate of drug-likeness (QED) is 0.158. The standard InChI is InChI=1S/C58H36N2O/c1-3-12-37(13-4-1)39-22-26-41(27-23-39)55-57-56(53-36-46(31-33-54(53)61-57)44-17-11-16-43(34-44)38-14-5-2-6-15-38)60-58(59-55)42-28-24-40(25-29-42)45-30-32-51-49-20-8-7-18-47(49)48-19-9-10-21-50(48)52(51)35-45/h1-36H. The summed E-state index contributed by atoms with van der Waals surface area (Å²) in [7, 11) is 0. The molecule has 0 aliphatic carbocycles. The zero-order valence-corrected chi connectivity index (χ0v) is 33.1. The highest BCUT2D eigenvalue weighted by Gasteiger charge is 2.20. The molecule has 12 rings (SSSR count). The third kappa shape index (κ3) is 6.06. The smallest absolute Gasteiger partial charge is 0.180 e. The van der Waals surface area contributed by atoms with Crippen molar-refractivity contribution in [2.45, 2.75) is 0 Å². The van der Waals surface area contributed by atoms with Gasteiger partial charge in [-0.1, -0.05) is 194 Å². The topological polar surface area (TPSA) is 38.9 Å². The molecule has 0 spiro atoms. The van der Waals surface area contributed by atoms with Crippen LogP contribution in [0.2, 0.25) is 0 Å². The first-order valence-corrected chi connectivity index (χ1v) is 20.7. The zero-order chi connectivity index (χ0) is 40.3. The molecular weight excluding hydrogens is 741 g/mol. The van der Waals surface area contributed by atoms with Crippen LogP contribution in [-0.4, -0.2) is 9.97 Å². The Kier molecular flexibility index (Phi) is 8.17. The molecule has 284 valence electrons. The molecule has 61 heavy (non-hydrogen) atoms. The van der Waals surface area contributed by atoms with Gasteiger partial charge >= 0.3 is 0 Å². The summed E-state index contributed by atoms with van der Waals surface area (Å²) in [6.07, 6.45) is 0. The predicted molar refractivity (Wildman–Crippen MR) is 254 cm³/mol. The van der Waals surface area contributed by atoms with Crippen LogP contribution < -0.4 is 0 Å². The lowest BCUT2D eigenvalue weighted by Crippen LogP contribution is -1.94. The average molecular weight is 777 g/mol. The zero-order valence-electron chi connectivity index (χ0n) is 33.1. The number of aromatic nitrogens is 2. The van der Waals surface area contributed by atoms with Gasteiger partial charge in [-0.05, 0) is 101 Å². The van der Waals surface area contributed by atoms with Gasteiger partial charge in [-0.15, -0.1) is 0 Å². The second-order valence-corrected chi connectivity index (χ2v) is 15.7. The van der Waals surface area contributed by atoms with Gasteiger partial charge in [-0.3, -0.25) is 0 Å². The van der Waals surface area contributed by atoms with Gasteiger partial charge in [-0.25, -0.2) is 9.97 Å². The third-order valence-electron chi connectivity index (χ3n) is 12.1. The number of nitrogens with zero attached hydrogens (tertiary/aromatic N) is 2. The van der Waals surface area contributed by atoms with E-state index in [2.05, 4.69) is 212 Å². The van der Waals surface area contributed by atoms with Crippen molar-refractivity contribution in [2.75, 3.05) is 0 Å². The van der Waals surface area contributed by atoms with E-state index in [0.29, 0.717) is 11.4 Å². The Morgan fingerprint density at radius 3 is 1.33 bits per heavy atom. The molecular formula is C58H36N2O. The molecule has 0 unspecified atom stereocenters. The first-order chi connectivity index (χ1) is 30.2. The number of hydrogen-bond donors (Lipinski definition) is 0. The molecule has 12 aromatic rings. The summed E-state index contributed by atoms with van der Waals surface area (Å²) in [6, 6.07) is 77.6. The van der Waals surface area contributed by atoms with Crippen molar-refractivity contribution >= 4 is 54.4 Å². The van der Waals surface area contributed by atoms with Crippen molar-refractivity contribution < 1.29 is 4.42 Å². The van der Waals surface area contributed by atoms with Crippen LogP contribution in [0.4, 0.5) is 0 Å². The first kappa shape index (κ1) is 34.9. The second-order valence-electron chi connectivity index (χ2n) is 15.7. The molecule has 0 aliphatic heterocycles. The molecule has 3 heteroatoms. The molecule has 0 saturated carbocycles. The van der Waals surface area contributed by atoms with Gasteiger partial charge in [0.05, 0.1) is 0 Å². The number of fused-ring (bicyclic) bond motifs is 9. The Labute approximate surface area is 352 Å². The van der Waals surface area contributed by atoms with Crippen LogP contribution in [0.1, 0.15) is 0 Å². The fourth-order valence-electron chi connectivity index (χ4n) is 9.01. The molecule has 2 aromatic heterocycles. The van der Waals surface area contributed by atoms with Gasteiger partial charge in [0.15, 0.2) is 11.4 Å². The summed E-state index contributed by atoms with van der Waals surface area (Å²) in [5, 5.41) is 8.57. The van der Waals surface area contributed by atoms with E-state index >= 15 is 0 Å². The molecule has 10 aromatic carbocycles. The van der Waals surface area contributed by atoms with Crippen molar-refractivity contribution in [1.82, 2.24) is 9.97 Å². The molecule has 0 radical (unpaired) electrons. The Hall–Kier alpha value is -8.14. The van der Waals surface area contributed by atoms with Crippen LogP contribution in [0, 0.1) is 0 Å². The lowest BCUT2D eigenvalue weighted by Gasteiger charge is -2.12. The van der Waals surface area contributed by atoms with E-state index in [9.17, 15) is 0 Å². The minimum atomic E-state index is 0.649. The van der Waals surface area contributed by atoms with E-state index in [0.717, 1.165) is 55.6 Å². The van der Waals surface area contributed by atoms with Gasteiger partial charge in [0.25, 0.3) is 0 Å². The Morgan fingerprint density at radius 2 is 0.672 bits per heavy atom. The molecule has 2 heterocycles. The van der Waals surface area contributed by atoms with E-state index in [1.54, 1.807) is 0 Å². The summed E-state index contributed by atoms with van der Waals surface area (Å²) in [5.41, 5.74) is 14.1. The summed E-state index contributed by atoms with van der Waals surface area (Å²) in [6.45, 7) is 0. The molecule has 0 amide bonds. The van der Waals surface area contributed by atoms with E-state index in [1.807, 2.05) is 6.07 Å². The summed E-state index contributed by atoms with van der Waals surface area (Å²) >= 11 is 0. The number of benzene rings is 10. The third-order valence-corrected chi connectivity index (χ3v) is 12.1. The number of furan rings is 1. The van der Waals surface area contributed by atoms with Crippen molar-refractivity contribution in [3.8, 4) is 67.2 Å². The Morgan fingerprint density at radius 1 is 0.262 bits per heavy atom. The lowest BCUT2D eigenvalue weighted by molar-refractivity contribution is 0.667. The molecule has 0 bridgehead atoms. The molecule has 0 aliphatic rings. The molecule has 0 N–H and O–H groups in total. The van der Waals surface area contributed by atoms with E-state index in [-0.39, 0.29) is 0 Å². The molecule has 0 fully saturated rings. The van der Waals surface area contributed by atoms with Gasteiger partial charge < -0.3 is 4.42 Å². The van der Waals surface area contributed by atoms with Gasteiger partial charge in [0.2, 0.25) is 0 Å². The second kappa shape index (κ2) is 14.3. The highest BCUT2D eigenvalue weighted by Crippen LogP contribution is 2.40. The van der Waals surface area contributed by atoms with Crippen LogP contribution in [0.15, 0.2) is 223 Å². The van der Waals surface area contributed by atoms with Crippen molar-refractivity contribution in [3.05, 3.63) is 218 Å². The molecule has 0 saturated heterocycles. The van der Waals surface area contributed by atoms with Crippen LogP contribution in [0.25, 0.3) is 122 Å². The highest BCUT2D eigenvalue weighted by atomic mass is 16.3. The van der Waals surface area contributed by atoms with Crippen LogP contribution in [0.3, 0.4) is 0 Å². The van der Waals surface area contributed by atoms with Crippen LogP contribution >= 0.6 is 0 Å². The maximum atomic E-state index is 6.67. The monoisotopic (exact) mass is 776 g/mol. The summed E-state index contributed by atoms with van der Waals surface area (Å²) in [5.74, 6) is 0.649. The Balaban J connectivity index is 0.985. The predicted octanol–water partition coefficient (Wildman–Crippen LogP) is 15.8. The van der Waals surface area contributed by atoms with E-state index < -0.39 is 0 Å². The normalized spacial score (nSPS) is 11.6. The van der Waals surface area contributed by atoms with Crippen molar-refractivity contribution in [3.63, 3.8) is 0 Å². The van der Waals surface area contributed by atoms with Crippen molar-refractivity contribution in [1.29, 1.82) is 0 Å². The van der Waals surface area contributed by atoms with Crippen molar-refractivity contribution in [2.24, 2.45) is 0 Å². The average Bonchev–Trinajstić information content (AvgIpc) is 3.72. The number of rotatable bonds is 6. The number of hydrogen-bond acceptors (Lipinski definition) is 3. The van der Waals surface area contributed by atoms with Gasteiger partial charge in [-0.2, -0.15) is 0 Å². The maximum absolute atomic E-state index is 6.67. The maximum Gasteiger partial charge on any atom is 0.180 e. The van der Waals surface area contributed by atoms with E-state index in [1.165, 1.54) is 54.6 Å². The largest absolute Gasteiger partial charge is 0.452 e. The minimum absolute atomic E-state index is 0.649. The van der Waals surface area contributed by atoms with Gasteiger partial charge in [0, 0.05) is 16.5 Å². The SMILES string of the molecule is c1ccc(-c2ccc(-c3nc(-c4ccc(-c5ccc6c7ccccc7c7ccccc7c6c5)cc4)nc4c3oc3ccc(-c5cccc(-c6ccccc6)c5)cc34)cc2)cc1.